The van der Waals surface area contributed by atoms with Crippen LogP contribution in [0.25, 0.3) is 0 Å². The average Bonchev–Trinajstić information content (AvgIpc) is 2.83. The van der Waals surface area contributed by atoms with E-state index in [-0.39, 0.29) is 24.3 Å². The van der Waals surface area contributed by atoms with Gasteiger partial charge in [0, 0.05) is 24.0 Å². The van der Waals surface area contributed by atoms with Gasteiger partial charge in [0.2, 0.25) is 11.8 Å². The molecule has 2 amide bonds. The predicted octanol–water partition coefficient (Wildman–Crippen LogP) is 5.44. The lowest BCUT2D eigenvalue weighted by Gasteiger charge is -2.32. The summed E-state index contributed by atoms with van der Waals surface area (Å²) in [6, 6.07) is 26.3. The van der Waals surface area contributed by atoms with Crippen LogP contribution in [0.5, 0.6) is 0 Å². The highest BCUT2D eigenvalue weighted by molar-refractivity contribution is 6.31. The number of nitrogens with one attached hydrogen (secondary N) is 1. The minimum atomic E-state index is -0.642. The van der Waals surface area contributed by atoms with Crippen LogP contribution >= 0.6 is 11.6 Å². The summed E-state index contributed by atoms with van der Waals surface area (Å²) in [5, 5.41) is 3.64. The van der Waals surface area contributed by atoms with Crippen LogP contribution in [0.4, 0.5) is 0 Å². The quantitative estimate of drug-likeness (QED) is 0.436. The van der Waals surface area contributed by atoms with Gasteiger partial charge >= 0.3 is 0 Å². The van der Waals surface area contributed by atoms with Crippen molar-refractivity contribution in [2.24, 2.45) is 0 Å². The minimum Gasteiger partial charge on any atom is -0.352 e. The summed E-state index contributed by atoms with van der Waals surface area (Å²) in [6.07, 6.45) is 1.38. The van der Waals surface area contributed by atoms with Gasteiger partial charge in [-0.3, -0.25) is 9.59 Å². The van der Waals surface area contributed by atoms with Crippen molar-refractivity contribution < 1.29 is 9.59 Å². The molecule has 3 aromatic rings. The number of hydrogen-bond acceptors (Lipinski definition) is 2. The summed E-state index contributed by atoms with van der Waals surface area (Å²) < 4.78 is 0. The normalized spacial score (nSPS) is 12.6. The topological polar surface area (TPSA) is 49.4 Å². The Balaban J connectivity index is 1.96. The summed E-state index contributed by atoms with van der Waals surface area (Å²) in [7, 11) is 0. The van der Waals surface area contributed by atoms with Gasteiger partial charge in [-0.1, -0.05) is 97.4 Å². The Morgan fingerprint density at radius 2 is 1.45 bits per heavy atom. The Bertz CT molecular complexity index is 1040. The molecule has 3 aromatic carbocycles. The van der Waals surface area contributed by atoms with E-state index >= 15 is 0 Å². The first-order valence-corrected chi connectivity index (χ1v) is 11.8. The highest BCUT2D eigenvalue weighted by atomic mass is 35.5. The first-order chi connectivity index (χ1) is 16.0. The van der Waals surface area contributed by atoms with Gasteiger partial charge in [-0.25, -0.2) is 0 Å². The van der Waals surface area contributed by atoms with E-state index in [4.69, 9.17) is 11.6 Å². The van der Waals surface area contributed by atoms with Crippen LogP contribution in [-0.4, -0.2) is 28.8 Å². The summed E-state index contributed by atoms with van der Waals surface area (Å²) in [6.45, 7) is 4.35. The summed E-state index contributed by atoms with van der Waals surface area (Å²) in [5.41, 5.74) is 2.73. The van der Waals surface area contributed by atoms with Crippen LogP contribution in [0.1, 0.15) is 37.0 Å². The summed E-state index contributed by atoms with van der Waals surface area (Å²) in [4.78, 5) is 28.8. The van der Waals surface area contributed by atoms with Crippen molar-refractivity contribution in [3.8, 4) is 0 Å². The number of benzene rings is 3. The van der Waals surface area contributed by atoms with Crippen LogP contribution in [0.15, 0.2) is 84.9 Å². The summed E-state index contributed by atoms with van der Waals surface area (Å²) >= 11 is 6.34. The van der Waals surface area contributed by atoms with E-state index in [1.54, 1.807) is 11.0 Å². The molecular formula is C28H31ClN2O2. The zero-order chi connectivity index (χ0) is 23.6. The third kappa shape index (κ3) is 7.19. The van der Waals surface area contributed by atoms with Crippen molar-refractivity contribution in [1.29, 1.82) is 0 Å². The molecule has 0 aliphatic carbocycles. The zero-order valence-electron chi connectivity index (χ0n) is 19.2. The Morgan fingerprint density at radius 3 is 2.06 bits per heavy atom. The van der Waals surface area contributed by atoms with E-state index in [0.717, 1.165) is 23.1 Å². The van der Waals surface area contributed by atoms with Crippen LogP contribution in [0.3, 0.4) is 0 Å². The largest absolute Gasteiger partial charge is 0.352 e. The fourth-order valence-electron chi connectivity index (χ4n) is 3.68. The maximum atomic E-state index is 13.6. The number of rotatable bonds is 10. The molecule has 0 bridgehead atoms. The number of hydrogen-bond donors (Lipinski definition) is 1. The Labute approximate surface area is 201 Å². The van der Waals surface area contributed by atoms with Crippen LogP contribution in [-0.2, 0) is 29.0 Å². The molecule has 0 spiro atoms. The lowest BCUT2D eigenvalue weighted by atomic mass is 10.0. The third-order valence-corrected chi connectivity index (χ3v) is 6.14. The molecule has 0 saturated heterocycles. The maximum Gasteiger partial charge on any atom is 0.243 e. The zero-order valence-corrected chi connectivity index (χ0v) is 20.0. The first kappa shape index (κ1) is 24.5. The fourth-order valence-corrected chi connectivity index (χ4v) is 3.88. The molecule has 4 nitrogen and oxygen atoms in total. The molecule has 5 heteroatoms. The highest BCUT2D eigenvalue weighted by Crippen LogP contribution is 2.20. The van der Waals surface area contributed by atoms with Crippen molar-refractivity contribution in [2.75, 3.05) is 0 Å². The van der Waals surface area contributed by atoms with E-state index in [0.29, 0.717) is 18.0 Å². The van der Waals surface area contributed by atoms with E-state index in [2.05, 4.69) is 5.32 Å². The molecule has 0 fully saturated rings. The first-order valence-electron chi connectivity index (χ1n) is 11.4. The second-order valence-electron chi connectivity index (χ2n) is 8.30. The molecule has 2 atom stereocenters. The van der Waals surface area contributed by atoms with E-state index < -0.39 is 6.04 Å². The van der Waals surface area contributed by atoms with Gasteiger partial charge in [0.15, 0.2) is 0 Å². The number of amides is 2. The molecule has 0 aromatic heterocycles. The molecule has 0 radical (unpaired) electrons. The summed E-state index contributed by atoms with van der Waals surface area (Å²) in [5.74, 6) is -0.274. The molecule has 0 unspecified atom stereocenters. The van der Waals surface area contributed by atoms with Gasteiger partial charge in [-0.2, -0.15) is 0 Å². The fraction of sp³-hybridized carbons (Fsp3) is 0.286. The smallest absolute Gasteiger partial charge is 0.243 e. The van der Waals surface area contributed by atoms with E-state index in [9.17, 15) is 9.59 Å². The monoisotopic (exact) mass is 462 g/mol. The SMILES string of the molecule is CC[C@H](C)NC(=O)[C@@H](Cc1ccccc1)N(Cc1ccccc1)C(=O)Cc1ccccc1Cl. The Kier molecular flexibility index (Phi) is 9.08. The van der Waals surface area contributed by atoms with Crippen molar-refractivity contribution in [3.05, 3.63) is 107 Å². The van der Waals surface area contributed by atoms with Gasteiger partial charge in [-0.05, 0) is 36.1 Å². The molecule has 0 saturated carbocycles. The second-order valence-corrected chi connectivity index (χ2v) is 8.71. The van der Waals surface area contributed by atoms with Gasteiger partial charge in [0.05, 0.1) is 6.42 Å². The van der Waals surface area contributed by atoms with Crippen molar-refractivity contribution in [1.82, 2.24) is 10.2 Å². The van der Waals surface area contributed by atoms with E-state index in [1.807, 2.05) is 92.7 Å². The standard InChI is InChI=1S/C28H31ClN2O2/c1-3-21(2)30-28(33)26(18-22-12-6-4-7-13-22)31(20-23-14-8-5-9-15-23)27(32)19-24-16-10-11-17-25(24)29/h4-17,21,26H,3,18-20H2,1-2H3,(H,30,33)/t21-,26+/m0/s1. The van der Waals surface area contributed by atoms with Gasteiger partial charge in [0.25, 0.3) is 0 Å². The molecule has 33 heavy (non-hydrogen) atoms. The van der Waals surface area contributed by atoms with Crippen molar-refractivity contribution in [3.63, 3.8) is 0 Å². The third-order valence-electron chi connectivity index (χ3n) is 5.77. The van der Waals surface area contributed by atoms with Crippen LogP contribution < -0.4 is 5.32 Å². The molecule has 0 heterocycles. The van der Waals surface area contributed by atoms with Crippen LogP contribution in [0, 0.1) is 0 Å². The molecule has 0 aliphatic rings. The molecular weight excluding hydrogens is 432 g/mol. The number of carbonyl (C=O) groups excluding carboxylic acids is 2. The van der Waals surface area contributed by atoms with Crippen LogP contribution in [0.2, 0.25) is 5.02 Å². The number of carbonyl (C=O) groups is 2. The lowest BCUT2D eigenvalue weighted by Crippen LogP contribution is -2.52. The van der Waals surface area contributed by atoms with Gasteiger partial charge in [-0.15, -0.1) is 0 Å². The van der Waals surface area contributed by atoms with Gasteiger partial charge < -0.3 is 10.2 Å². The van der Waals surface area contributed by atoms with E-state index in [1.165, 1.54) is 0 Å². The Morgan fingerprint density at radius 1 is 0.879 bits per heavy atom. The maximum absolute atomic E-state index is 13.6. The van der Waals surface area contributed by atoms with Gasteiger partial charge in [0.1, 0.15) is 6.04 Å². The van der Waals surface area contributed by atoms with Crippen molar-refractivity contribution in [2.45, 2.75) is 51.7 Å². The molecule has 3 rings (SSSR count). The molecule has 0 aliphatic heterocycles. The number of nitrogens with zero attached hydrogens (tertiary/aromatic N) is 1. The number of halogens is 1. The lowest BCUT2D eigenvalue weighted by molar-refractivity contribution is -0.141. The minimum absolute atomic E-state index is 0.0213. The highest BCUT2D eigenvalue weighted by Gasteiger charge is 2.31. The van der Waals surface area contributed by atoms with Crippen molar-refractivity contribution >= 4 is 23.4 Å². The average molecular weight is 463 g/mol. The molecule has 1 N–H and O–H groups in total. The Hall–Kier alpha value is -3.11. The predicted molar refractivity (Wildman–Crippen MR) is 134 cm³/mol. The second kappa shape index (κ2) is 12.2. The molecule has 172 valence electrons.